The zero-order valence-electron chi connectivity index (χ0n) is 17.1. The van der Waals surface area contributed by atoms with Gasteiger partial charge in [-0.05, 0) is 25.1 Å². The van der Waals surface area contributed by atoms with Crippen LogP contribution in [0, 0.1) is 0 Å². The SMILES string of the molecule is COc1cc(O)cc(N(CC(C)N)c2ccc3ncc(-c4cnn(C)c4)nc3c2)c1. The molecular formula is C22H24N6O2. The molecule has 1 atom stereocenters. The first-order chi connectivity index (χ1) is 14.4. The van der Waals surface area contributed by atoms with Crippen molar-refractivity contribution in [2.75, 3.05) is 18.6 Å². The molecule has 0 aliphatic rings. The third-order valence-electron chi connectivity index (χ3n) is 4.73. The minimum Gasteiger partial charge on any atom is -0.508 e. The maximum atomic E-state index is 10.1. The third kappa shape index (κ3) is 4.04. The van der Waals surface area contributed by atoms with Gasteiger partial charge in [0.1, 0.15) is 11.5 Å². The van der Waals surface area contributed by atoms with Crippen molar-refractivity contribution in [3.63, 3.8) is 0 Å². The Morgan fingerprint density at radius 2 is 1.97 bits per heavy atom. The minimum absolute atomic E-state index is 0.0955. The van der Waals surface area contributed by atoms with E-state index in [9.17, 15) is 5.11 Å². The molecule has 1 unspecified atom stereocenters. The van der Waals surface area contributed by atoms with Gasteiger partial charge >= 0.3 is 0 Å². The molecule has 0 spiro atoms. The van der Waals surface area contributed by atoms with Gasteiger partial charge in [-0.1, -0.05) is 0 Å². The van der Waals surface area contributed by atoms with Crippen LogP contribution in [0.3, 0.4) is 0 Å². The number of anilines is 2. The Hall–Kier alpha value is -3.65. The van der Waals surface area contributed by atoms with E-state index in [2.05, 4.69) is 10.1 Å². The predicted molar refractivity (Wildman–Crippen MR) is 117 cm³/mol. The van der Waals surface area contributed by atoms with E-state index < -0.39 is 0 Å². The number of hydrogen-bond acceptors (Lipinski definition) is 7. The first-order valence-corrected chi connectivity index (χ1v) is 9.60. The lowest BCUT2D eigenvalue weighted by Gasteiger charge is -2.27. The highest BCUT2D eigenvalue weighted by Crippen LogP contribution is 2.33. The molecule has 2 heterocycles. The second kappa shape index (κ2) is 8.00. The number of benzene rings is 2. The van der Waals surface area contributed by atoms with Crippen molar-refractivity contribution in [2.24, 2.45) is 12.8 Å². The van der Waals surface area contributed by atoms with Crippen molar-refractivity contribution in [2.45, 2.75) is 13.0 Å². The van der Waals surface area contributed by atoms with Gasteiger partial charge in [-0.15, -0.1) is 0 Å². The topological polar surface area (TPSA) is 102 Å². The van der Waals surface area contributed by atoms with Crippen molar-refractivity contribution in [1.29, 1.82) is 0 Å². The number of ether oxygens (including phenoxy) is 1. The van der Waals surface area contributed by atoms with Gasteiger partial charge in [0, 0.05) is 61.0 Å². The molecule has 3 N–H and O–H groups in total. The van der Waals surface area contributed by atoms with Crippen molar-refractivity contribution < 1.29 is 9.84 Å². The molecule has 8 nitrogen and oxygen atoms in total. The molecule has 154 valence electrons. The van der Waals surface area contributed by atoms with Crippen molar-refractivity contribution in [1.82, 2.24) is 19.7 Å². The molecule has 4 rings (SSSR count). The summed E-state index contributed by atoms with van der Waals surface area (Å²) in [5.74, 6) is 0.692. The summed E-state index contributed by atoms with van der Waals surface area (Å²) in [7, 11) is 3.44. The number of rotatable bonds is 6. The summed E-state index contributed by atoms with van der Waals surface area (Å²) >= 11 is 0. The van der Waals surface area contributed by atoms with E-state index >= 15 is 0 Å². The quantitative estimate of drug-likeness (QED) is 0.509. The van der Waals surface area contributed by atoms with Crippen LogP contribution in [0.25, 0.3) is 22.3 Å². The number of nitrogens with zero attached hydrogens (tertiary/aromatic N) is 5. The van der Waals surface area contributed by atoms with Crippen LogP contribution in [0.4, 0.5) is 11.4 Å². The van der Waals surface area contributed by atoms with Crippen LogP contribution in [0.1, 0.15) is 6.92 Å². The molecule has 0 aliphatic carbocycles. The Morgan fingerprint density at radius 3 is 2.67 bits per heavy atom. The molecule has 2 aromatic carbocycles. The molecule has 0 aliphatic heterocycles. The maximum Gasteiger partial charge on any atom is 0.124 e. The van der Waals surface area contributed by atoms with E-state index in [0.717, 1.165) is 33.7 Å². The maximum absolute atomic E-state index is 10.1. The normalized spacial score (nSPS) is 12.1. The number of methoxy groups -OCH3 is 1. The predicted octanol–water partition coefficient (Wildman–Crippen LogP) is 3.23. The molecule has 0 bridgehead atoms. The lowest BCUT2D eigenvalue weighted by molar-refractivity contribution is 0.408. The molecule has 0 fully saturated rings. The van der Waals surface area contributed by atoms with E-state index in [1.165, 1.54) is 0 Å². The van der Waals surface area contributed by atoms with Crippen LogP contribution < -0.4 is 15.4 Å². The van der Waals surface area contributed by atoms with Crippen LogP contribution in [0.2, 0.25) is 0 Å². The van der Waals surface area contributed by atoms with E-state index in [0.29, 0.717) is 12.3 Å². The number of phenolic OH excluding ortho intramolecular Hbond substituents is 1. The Bertz CT molecular complexity index is 1190. The molecule has 0 saturated carbocycles. The van der Waals surface area contributed by atoms with Crippen LogP contribution in [-0.4, -0.2) is 44.6 Å². The standard InChI is InChI=1S/C22H24N6O2/c1-14(23)12-28(17-6-18(29)9-19(7-17)30-3)16-4-5-20-21(8-16)26-22(11-24-20)15-10-25-27(2)13-15/h4-11,13-14,29H,12,23H2,1-3H3. The highest BCUT2D eigenvalue weighted by Gasteiger charge is 2.15. The Labute approximate surface area is 174 Å². The highest BCUT2D eigenvalue weighted by atomic mass is 16.5. The van der Waals surface area contributed by atoms with Crippen molar-refractivity contribution in [3.05, 3.63) is 55.0 Å². The van der Waals surface area contributed by atoms with Gasteiger partial charge < -0.3 is 20.5 Å². The number of fused-ring (bicyclic) bond motifs is 1. The summed E-state index contributed by atoms with van der Waals surface area (Å²) in [5.41, 5.74) is 11.0. The second-order valence-electron chi connectivity index (χ2n) is 7.31. The van der Waals surface area contributed by atoms with Gasteiger partial charge in [-0.2, -0.15) is 5.10 Å². The van der Waals surface area contributed by atoms with Crippen LogP contribution in [0.15, 0.2) is 55.0 Å². The fourth-order valence-electron chi connectivity index (χ4n) is 3.35. The van der Waals surface area contributed by atoms with Gasteiger partial charge in [-0.3, -0.25) is 9.67 Å². The van der Waals surface area contributed by atoms with E-state index in [4.69, 9.17) is 15.5 Å². The molecule has 4 aromatic rings. The molecule has 0 amide bonds. The molecule has 2 aromatic heterocycles. The van der Waals surface area contributed by atoms with Gasteiger partial charge in [0.05, 0.1) is 36.2 Å². The lowest BCUT2D eigenvalue weighted by atomic mass is 10.1. The molecule has 30 heavy (non-hydrogen) atoms. The Balaban J connectivity index is 1.80. The number of aromatic hydroxyl groups is 1. The lowest BCUT2D eigenvalue weighted by Crippen LogP contribution is -2.32. The summed E-state index contributed by atoms with van der Waals surface area (Å²) in [6.07, 6.45) is 5.42. The number of aryl methyl sites for hydroxylation is 1. The monoisotopic (exact) mass is 404 g/mol. The average Bonchev–Trinajstić information content (AvgIpc) is 3.17. The smallest absolute Gasteiger partial charge is 0.124 e. The van der Waals surface area contributed by atoms with E-state index in [1.807, 2.05) is 49.3 Å². The zero-order chi connectivity index (χ0) is 21.3. The number of phenols is 1. The van der Waals surface area contributed by atoms with Crippen molar-refractivity contribution >= 4 is 22.4 Å². The Morgan fingerprint density at radius 1 is 1.13 bits per heavy atom. The van der Waals surface area contributed by atoms with Crippen molar-refractivity contribution in [3.8, 4) is 22.8 Å². The van der Waals surface area contributed by atoms with Crippen LogP contribution in [-0.2, 0) is 7.05 Å². The first kappa shape index (κ1) is 19.7. The minimum atomic E-state index is -0.0955. The van der Waals surface area contributed by atoms with E-state index in [1.54, 1.807) is 36.3 Å². The van der Waals surface area contributed by atoms with Gasteiger partial charge in [0.2, 0.25) is 0 Å². The highest BCUT2D eigenvalue weighted by molar-refractivity contribution is 5.82. The molecule has 0 radical (unpaired) electrons. The number of hydrogen-bond donors (Lipinski definition) is 2. The van der Waals surface area contributed by atoms with Gasteiger partial charge in [0.25, 0.3) is 0 Å². The molecule has 0 saturated heterocycles. The zero-order valence-corrected chi connectivity index (χ0v) is 17.1. The van der Waals surface area contributed by atoms with Crippen LogP contribution in [0.5, 0.6) is 11.5 Å². The second-order valence-corrected chi connectivity index (χ2v) is 7.31. The summed E-state index contributed by atoms with van der Waals surface area (Å²) in [4.78, 5) is 11.4. The summed E-state index contributed by atoms with van der Waals surface area (Å²) in [5, 5.41) is 14.3. The summed E-state index contributed by atoms with van der Waals surface area (Å²) in [6.45, 7) is 2.49. The summed E-state index contributed by atoms with van der Waals surface area (Å²) in [6, 6.07) is 10.9. The van der Waals surface area contributed by atoms with Gasteiger partial charge in [-0.25, -0.2) is 4.98 Å². The molecule has 8 heteroatoms. The fraction of sp³-hybridized carbons (Fsp3) is 0.227. The molecular weight excluding hydrogens is 380 g/mol. The third-order valence-corrected chi connectivity index (χ3v) is 4.73. The summed E-state index contributed by atoms with van der Waals surface area (Å²) < 4.78 is 7.05. The average molecular weight is 404 g/mol. The van der Waals surface area contributed by atoms with Crippen LogP contribution >= 0.6 is 0 Å². The van der Waals surface area contributed by atoms with Gasteiger partial charge in [0.15, 0.2) is 0 Å². The number of nitrogens with two attached hydrogens (primary N) is 1. The largest absolute Gasteiger partial charge is 0.508 e. The van der Waals surface area contributed by atoms with E-state index in [-0.39, 0.29) is 11.8 Å². The Kier molecular flexibility index (Phi) is 5.24. The fourth-order valence-corrected chi connectivity index (χ4v) is 3.35. The number of aromatic nitrogens is 4. The first-order valence-electron chi connectivity index (χ1n) is 9.60.